The van der Waals surface area contributed by atoms with Gasteiger partial charge in [-0.15, -0.1) is 0 Å². The fourth-order valence-electron chi connectivity index (χ4n) is 8.80. The van der Waals surface area contributed by atoms with Gasteiger partial charge in [-0.05, 0) is 78.4 Å². The third-order valence-electron chi connectivity index (χ3n) is 15.8. The van der Waals surface area contributed by atoms with Crippen LogP contribution < -0.4 is 95.5 Å². The minimum Gasteiger partial charge on any atom is -1.00 e. The number of rotatable bonds is 30. The summed E-state index contributed by atoms with van der Waals surface area (Å²) in [5.74, 6) is 1.87. The van der Waals surface area contributed by atoms with Gasteiger partial charge in [-0.2, -0.15) is 4.58 Å². The summed E-state index contributed by atoms with van der Waals surface area (Å²) < 4.78 is 16.4. The number of nitrogens with zero attached hydrogens (tertiary/aromatic N) is 9. The van der Waals surface area contributed by atoms with E-state index < -0.39 is 0 Å². The standard InChI is InChI=1S/C25H43N4O2.C20H33N3O2.C12H19BrN.C9H18N2O.C4H7NO.5BrH/c1-9-28(5,6)20-24-13-11-23(12-14-24)19-27(22(4)30)16-18-29(7,8)17-10-15-26-25(31)21(2)3;1-6-23(4,5)16-20-9-7-19(8-10-20)15-22(17(2)24)12-11-21-13-14-25-18(21)3;1-4-14(2,3)10-12-7-5-11(9-13)6-8-12;1-8(2)9(12)10-6-5-7-11(3)4;1-4-5-2-3-6-4;;;;;/h11-14H,2,9-10,15-20H2,1,3-8H3;7-10H,6,11-16H2,1-5H3;5-8H,4,9-10H2,1-3H3;1,5-7H2,2-4H3,(H,10,12);2-3H2,1H3;5*1H/q+1;+2;+1;;;;;;;/p-4. The lowest BCUT2D eigenvalue weighted by molar-refractivity contribution is -0.901. The Morgan fingerprint density at radius 3 is 1.22 bits per heavy atom. The van der Waals surface area contributed by atoms with Gasteiger partial charge in [0.2, 0.25) is 23.6 Å². The Hall–Kier alpha value is -3.36. The van der Waals surface area contributed by atoms with Crippen molar-refractivity contribution in [1.29, 1.82) is 0 Å². The zero-order valence-electron chi connectivity index (χ0n) is 60.3. The maximum absolute atomic E-state index is 12.2. The van der Waals surface area contributed by atoms with Crippen molar-refractivity contribution in [2.75, 3.05) is 169 Å². The van der Waals surface area contributed by atoms with E-state index >= 15 is 0 Å². The van der Waals surface area contributed by atoms with Crippen LogP contribution in [0.15, 0.2) is 102 Å². The van der Waals surface area contributed by atoms with Crippen LogP contribution in [0.25, 0.3) is 0 Å². The van der Waals surface area contributed by atoms with Crippen LogP contribution >= 0.6 is 15.9 Å². The van der Waals surface area contributed by atoms with Gasteiger partial charge < -0.3 is 138 Å². The summed E-state index contributed by atoms with van der Waals surface area (Å²) in [4.78, 5) is 56.6. The minimum absolute atomic E-state index is 0. The topological polar surface area (TPSA) is 136 Å². The first-order valence-electron chi connectivity index (χ1n) is 31.6. The van der Waals surface area contributed by atoms with Gasteiger partial charge in [0.25, 0.3) is 0 Å². The molecule has 3 aromatic rings. The van der Waals surface area contributed by atoms with E-state index in [0.717, 1.165) is 152 Å². The summed E-state index contributed by atoms with van der Waals surface area (Å²) in [5.41, 5.74) is 8.86. The van der Waals surface area contributed by atoms with Crippen LogP contribution in [0.2, 0.25) is 0 Å². The molecule has 2 aliphatic heterocycles. The monoisotopic (exact) mass is 1690 g/mol. The molecule has 0 bridgehead atoms. The van der Waals surface area contributed by atoms with Crippen LogP contribution in [0.5, 0.6) is 0 Å². The van der Waals surface area contributed by atoms with Crippen molar-refractivity contribution in [3.05, 3.63) is 130 Å². The van der Waals surface area contributed by atoms with E-state index in [0.29, 0.717) is 37.3 Å². The average molecular weight is 1690 g/mol. The second kappa shape index (κ2) is 51.8. The molecular weight excluding hydrogens is 1570 g/mol. The van der Waals surface area contributed by atoms with E-state index in [1.165, 1.54) is 34.4 Å². The lowest BCUT2D eigenvalue weighted by atomic mass is 10.1. The van der Waals surface area contributed by atoms with Crippen LogP contribution in [0.3, 0.4) is 0 Å². The summed E-state index contributed by atoms with van der Waals surface area (Å²) in [7, 11) is 21.8. The van der Waals surface area contributed by atoms with Crippen molar-refractivity contribution >= 4 is 51.4 Å². The van der Waals surface area contributed by atoms with Gasteiger partial charge in [-0.1, -0.05) is 102 Å². The van der Waals surface area contributed by atoms with Crippen LogP contribution in [-0.2, 0) is 66.7 Å². The Bertz CT molecular complexity index is 2660. The molecule has 0 aliphatic carbocycles. The molecular formula is C70H121Br6N11O6. The van der Waals surface area contributed by atoms with Crippen molar-refractivity contribution in [3.8, 4) is 0 Å². The molecule has 2 aliphatic rings. The van der Waals surface area contributed by atoms with E-state index in [-0.39, 0.29) is 109 Å². The molecule has 2 heterocycles. The highest BCUT2D eigenvalue weighted by atomic mass is 79.9. The molecule has 3 aromatic carbocycles. The number of alkyl halides is 1. The van der Waals surface area contributed by atoms with Gasteiger partial charge in [-0.3, -0.25) is 24.2 Å². The van der Waals surface area contributed by atoms with E-state index in [4.69, 9.17) is 9.47 Å². The molecule has 17 nitrogen and oxygen atoms in total. The van der Waals surface area contributed by atoms with Gasteiger partial charge in [-0.25, -0.2) is 0 Å². The predicted octanol–water partition coefficient (Wildman–Crippen LogP) is -5.85. The smallest absolute Gasteiger partial charge is 0.333 e. The Balaban J connectivity index is -0.000000371. The van der Waals surface area contributed by atoms with Crippen LogP contribution in [0, 0.1) is 0 Å². The lowest BCUT2D eigenvalue weighted by Crippen LogP contribution is -3.00. The maximum Gasteiger partial charge on any atom is 0.333 e. The van der Waals surface area contributed by atoms with Crippen molar-refractivity contribution in [1.82, 2.24) is 25.3 Å². The molecule has 0 unspecified atom stereocenters. The van der Waals surface area contributed by atoms with Crippen LogP contribution in [-0.4, -0.2) is 241 Å². The van der Waals surface area contributed by atoms with E-state index in [1.807, 2.05) is 37.7 Å². The number of likely N-dealkylation sites (N-methyl/N-ethyl adjacent to an activating group) is 1. The molecule has 5 rings (SSSR count). The zero-order valence-corrected chi connectivity index (χ0v) is 69.9. The third-order valence-corrected chi connectivity index (χ3v) is 16.4. The number of amides is 4. The molecule has 0 saturated carbocycles. The molecule has 0 spiro atoms. The fourth-order valence-corrected chi connectivity index (χ4v) is 9.18. The minimum atomic E-state index is -0.0868. The fraction of sp³-hybridized carbons (Fsp3) is 0.600. The Kier molecular flexibility index (Phi) is 54.8. The molecule has 0 radical (unpaired) electrons. The highest BCUT2D eigenvalue weighted by molar-refractivity contribution is 9.08. The molecule has 534 valence electrons. The highest BCUT2D eigenvalue weighted by Crippen LogP contribution is 2.16. The van der Waals surface area contributed by atoms with Crippen LogP contribution in [0.1, 0.15) is 109 Å². The number of quaternary nitrogens is 4. The summed E-state index contributed by atoms with van der Waals surface area (Å²) in [5, 5.41) is 6.59. The average Bonchev–Trinajstić information content (AvgIpc) is 1.93. The van der Waals surface area contributed by atoms with Gasteiger partial charge in [0.15, 0.2) is 25.6 Å². The summed E-state index contributed by atoms with van der Waals surface area (Å²) >= 11 is 3.45. The number of halogens is 6. The number of benzene rings is 3. The van der Waals surface area contributed by atoms with Crippen molar-refractivity contribution in [3.63, 3.8) is 0 Å². The highest BCUT2D eigenvalue weighted by Gasteiger charge is 2.23. The number of carbonyl (C=O) groups excluding carboxylic acids is 4. The van der Waals surface area contributed by atoms with Gasteiger partial charge >= 0.3 is 5.90 Å². The van der Waals surface area contributed by atoms with Gasteiger partial charge in [0.05, 0.1) is 116 Å². The number of nitrogens with one attached hydrogen (secondary N) is 2. The van der Waals surface area contributed by atoms with E-state index in [9.17, 15) is 19.2 Å². The van der Waals surface area contributed by atoms with E-state index in [2.05, 4.69) is 204 Å². The SMILES string of the molecule is C=C(C)C(=O)NCCCN(C)C.C=C(C)C(=O)NCCC[N+](C)(C)CCN(Cc1ccc(C[N+](C)(C)CC)cc1)C(C)=O.CC1=NCCO1.CC[N+](C)(C)Cc1ccc(CBr)cc1.CC[N+](C)(C)Cc1ccc(CN(CC[N+]2=C(C)OCC2)C(C)=O)cc1.[Br-].[Br-].[Br-].[Br-].[Br-]. The summed E-state index contributed by atoms with van der Waals surface area (Å²) in [6.45, 7) is 41.9. The predicted molar refractivity (Wildman–Crippen MR) is 369 cm³/mol. The molecule has 0 saturated heterocycles. The molecule has 0 fully saturated rings. The second-order valence-corrected chi connectivity index (χ2v) is 26.8. The van der Waals surface area contributed by atoms with E-state index in [1.54, 1.807) is 27.7 Å². The van der Waals surface area contributed by atoms with Crippen LogP contribution in [0.4, 0.5) is 0 Å². The number of carbonyl (C=O) groups is 4. The lowest BCUT2D eigenvalue weighted by Gasteiger charge is -2.32. The van der Waals surface area contributed by atoms with Crippen molar-refractivity contribution in [2.45, 2.75) is 113 Å². The molecule has 0 atom stereocenters. The largest absolute Gasteiger partial charge is 1.00 e. The molecule has 93 heavy (non-hydrogen) atoms. The Labute approximate surface area is 625 Å². The summed E-state index contributed by atoms with van der Waals surface area (Å²) in [6.07, 6.45) is 1.87. The van der Waals surface area contributed by atoms with Crippen molar-refractivity contribution in [2.24, 2.45) is 4.99 Å². The molecule has 2 N–H and O–H groups in total. The first kappa shape index (κ1) is 98.3. The third kappa shape index (κ3) is 46.5. The second-order valence-electron chi connectivity index (χ2n) is 26.3. The Morgan fingerprint density at radius 2 is 0.914 bits per heavy atom. The summed E-state index contributed by atoms with van der Waals surface area (Å²) in [6, 6.07) is 26.2. The first-order chi connectivity index (χ1) is 41.2. The Morgan fingerprint density at radius 1 is 0.538 bits per heavy atom. The number of ether oxygens (including phenoxy) is 2. The normalized spacial score (nSPS) is 12.2. The number of hydrogen-bond donors (Lipinski definition) is 2. The van der Waals surface area contributed by atoms with Gasteiger partial charge in [0, 0.05) is 86.5 Å². The maximum atomic E-state index is 12.2. The van der Waals surface area contributed by atoms with Gasteiger partial charge in [0.1, 0.15) is 26.2 Å². The molecule has 4 amide bonds. The quantitative estimate of drug-likeness (QED) is 0.0224. The van der Waals surface area contributed by atoms with Crippen molar-refractivity contribution < 1.29 is 136 Å². The first-order valence-corrected chi connectivity index (χ1v) is 32.7. The zero-order chi connectivity index (χ0) is 66.7. The number of hydrogen-bond acceptors (Lipinski definition) is 8. The number of aliphatic imine (C=N–C) groups is 1. The molecule has 0 aromatic heterocycles. The molecule has 23 heteroatoms.